The molecule has 0 unspecified atom stereocenters. The minimum atomic E-state index is -0.599. The molecular weight excluding hydrogens is 284 g/mol. The zero-order valence-electron chi connectivity index (χ0n) is 13.2. The lowest BCUT2D eigenvalue weighted by molar-refractivity contribution is -0.152. The van der Waals surface area contributed by atoms with Crippen LogP contribution >= 0.6 is 0 Å². The first-order valence-electron chi connectivity index (χ1n) is 7.89. The first-order valence-corrected chi connectivity index (χ1v) is 7.89. The third-order valence-corrected chi connectivity index (χ3v) is 4.85. The molecule has 0 aromatic carbocycles. The number of ketones is 1. The molecule has 0 radical (unpaired) electrons. The number of ether oxygens (including phenoxy) is 1. The van der Waals surface area contributed by atoms with E-state index in [0.29, 0.717) is 32.4 Å². The number of hydrogen-bond acceptors (Lipinski definition) is 5. The van der Waals surface area contributed by atoms with Crippen LogP contribution in [0.5, 0.6) is 0 Å². The fraction of sp³-hybridized carbons (Fsp3) is 0.688. The standard InChI is InChI=1S/C16H22N2O4/c1-11-13(12(2)22-17-11)4-5-15(20)18-8-7-16(14(19)10-18)6-3-9-21-16/h3-10H2,1-2H3/t16-/m0/s1. The van der Waals surface area contributed by atoms with Gasteiger partial charge in [-0.1, -0.05) is 5.16 Å². The highest BCUT2D eigenvalue weighted by Crippen LogP contribution is 2.33. The van der Waals surface area contributed by atoms with Gasteiger partial charge in [0.05, 0.1) is 12.2 Å². The number of carbonyl (C=O) groups excluding carboxylic acids is 2. The number of aryl methyl sites for hydroxylation is 2. The highest BCUT2D eigenvalue weighted by molar-refractivity contribution is 5.93. The van der Waals surface area contributed by atoms with Crippen molar-refractivity contribution < 1.29 is 18.8 Å². The second-order valence-electron chi connectivity index (χ2n) is 6.24. The maximum absolute atomic E-state index is 12.3. The summed E-state index contributed by atoms with van der Waals surface area (Å²) in [5.74, 6) is 0.835. The lowest BCUT2D eigenvalue weighted by Gasteiger charge is -2.37. The van der Waals surface area contributed by atoms with Crippen molar-refractivity contribution in [3.63, 3.8) is 0 Å². The molecule has 2 fully saturated rings. The maximum atomic E-state index is 12.3. The molecule has 2 aliphatic rings. The molecule has 1 atom stereocenters. The van der Waals surface area contributed by atoms with Crippen molar-refractivity contribution in [1.29, 1.82) is 0 Å². The number of carbonyl (C=O) groups is 2. The minimum absolute atomic E-state index is 0.0150. The Bertz CT molecular complexity index is 567. The van der Waals surface area contributed by atoms with E-state index in [1.165, 1.54) is 0 Å². The highest BCUT2D eigenvalue weighted by Gasteiger charge is 2.46. The SMILES string of the molecule is Cc1noc(C)c1CCC(=O)N1CC[C@@]2(CCCO2)C(=O)C1. The Balaban J connectivity index is 1.57. The van der Waals surface area contributed by atoms with E-state index in [-0.39, 0.29) is 18.2 Å². The van der Waals surface area contributed by atoms with E-state index in [9.17, 15) is 9.59 Å². The van der Waals surface area contributed by atoms with Gasteiger partial charge in [0, 0.05) is 31.6 Å². The molecule has 120 valence electrons. The molecule has 1 aromatic rings. The molecule has 2 aliphatic heterocycles. The smallest absolute Gasteiger partial charge is 0.223 e. The fourth-order valence-corrected chi connectivity index (χ4v) is 3.43. The predicted molar refractivity (Wildman–Crippen MR) is 78.4 cm³/mol. The van der Waals surface area contributed by atoms with Crippen molar-refractivity contribution in [3.05, 3.63) is 17.0 Å². The van der Waals surface area contributed by atoms with Crippen LogP contribution in [0.15, 0.2) is 4.52 Å². The zero-order valence-corrected chi connectivity index (χ0v) is 13.2. The molecule has 6 heteroatoms. The van der Waals surface area contributed by atoms with Crippen LogP contribution in [0.4, 0.5) is 0 Å². The van der Waals surface area contributed by atoms with Gasteiger partial charge in [-0.25, -0.2) is 0 Å². The first-order chi connectivity index (χ1) is 10.5. The summed E-state index contributed by atoms with van der Waals surface area (Å²) >= 11 is 0. The van der Waals surface area contributed by atoms with Crippen LogP contribution in [0, 0.1) is 13.8 Å². The second kappa shape index (κ2) is 5.83. The highest BCUT2D eigenvalue weighted by atomic mass is 16.5. The molecule has 22 heavy (non-hydrogen) atoms. The number of nitrogens with zero attached hydrogens (tertiary/aromatic N) is 2. The molecule has 3 rings (SSSR count). The van der Waals surface area contributed by atoms with Crippen molar-refractivity contribution in [2.45, 2.75) is 51.6 Å². The molecule has 3 heterocycles. The molecule has 0 saturated carbocycles. The second-order valence-corrected chi connectivity index (χ2v) is 6.24. The molecule has 0 bridgehead atoms. The lowest BCUT2D eigenvalue weighted by Crippen LogP contribution is -2.53. The fourth-order valence-electron chi connectivity index (χ4n) is 3.43. The third-order valence-electron chi connectivity index (χ3n) is 4.85. The van der Waals surface area contributed by atoms with E-state index < -0.39 is 5.60 Å². The summed E-state index contributed by atoms with van der Waals surface area (Å²) in [5, 5.41) is 3.90. The molecule has 1 amide bonds. The summed E-state index contributed by atoms with van der Waals surface area (Å²) in [6, 6.07) is 0. The van der Waals surface area contributed by atoms with E-state index in [4.69, 9.17) is 9.26 Å². The summed E-state index contributed by atoms with van der Waals surface area (Å²) in [7, 11) is 0. The van der Waals surface area contributed by atoms with E-state index in [0.717, 1.165) is 29.9 Å². The van der Waals surface area contributed by atoms with E-state index in [2.05, 4.69) is 5.16 Å². The van der Waals surface area contributed by atoms with Crippen LogP contribution < -0.4 is 0 Å². The van der Waals surface area contributed by atoms with E-state index in [1.807, 2.05) is 13.8 Å². The normalized spacial score (nSPS) is 25.2. The van der Waals surface area contributed by atoms with E-state index >= 15 is 0 Å². The Morgan fingerprint density at radius 3 is 2.77 bits per heavy atom. The lowest BCUT2D eigenvalue weighted by atomic mass is 9.87. The summed E-state index contributed by atoms with van der Waals surface area (Å²) in [6.45, 7) is 5.17. The van der Waals surface area contributed by atoms with Gasteiger partial charge >= 0.3 is 0 Å². The van der Waals surface area contributed by atoms with Gasteiger partial charge in [-0.2, -0.15) is 0 Å². The third kappa shape index (κ3) is 2.67. The van der Waals surface area contributed by atoms with E-state index in [1.54, 1.807) is 4.90 Å². The van der Waals surface area contributed by atoms with Gasteiger partial charge in [0.15, 0.2) is 5.78 Å². The van der Waals surface area contributed by atoms with Crippen LogP contribution in [0.2, 0.25) is 0 Å². The molecular formula is C16H22N2O4. The number of rotatable bonds is 3. The Kier molecular flexibility index (Phi) is 4.04. The van der Waals surface area contributed by atoms with Gasteiger partial charge < -0.3 is 14.2 Å². The van der Waals surface area contributed by atoms with Crippen LogP contribution in [0.25, 0.3) is 0 Å². The minimum Gasteiger partial charge on any atom is -0.367 e. The average Bonchev–Trinajstić information content (AvgIpc) is 3.09. The Hall–Kier alpha value is -1.69. The van der Waals surface area contributed by atoms with Crippen LogP contribution in [0.1, 0.15) is 42.7 Å². The van der Waals surface area contributed by atoms with Gasteiger partial charge in [0.1, 0.15) is 11.4 Å². The van der Waals surface area contributed by atoms with Crippen molar-refractivity contribution >= 4 is 11.7 Å². The van der Waals surface area contributed by atoms with Crippen molar-refractivity contribution in [2.24, 2.45) is 0 Å². The Morgan fingerprint density at radius 1 is 1.36 bits per heavy atom. The Labute approximate surface area is 129 Å². The number of likely N-dealkylation sites (tertiary alicyclic amines) is 1. The molecule has 0 N–H and O–H groups in total. The number of Topliss-reactive ketones (excluding diaryl/α,β-unsaturated/α-hetero) is 1. The predicted octanol–water partition coefficient (Wildman–Crippen LogP) is 1.57. The van der Waals surface area contributed by atoms with Gasteiger partial charge in [-0.3, -0.25) is 9.59 Å². The van der Waals surface area contributed by atoms with Crippen molar-refractivity contribution in [2.75, 3.05) is 19.7 Å². The topological polar surface area (TPSA) is 72.6 Å². The molecule has 2 saturated heterocycles. The molecule has 1 spiro atoms. The summed E-state index contributed by atoms with van der Waals surface area (Å²) in [6.07, 6.45) is 3.35. The van der Waals surface area contributed by atoms with Crippen LogP contribution in [0.3, 0.4) is 0 Å². The zero-order chi connectivity index (χ0) is 15.7. The number of aromatic nitrogens is 1. The number of hydrogen-bond donors (Lipinski definition) is 0. The van der Waals surface area contributed by atoms with Gasteiger partial charge in [0.25, 0.3) is 0 Å². The monoisotopic (exact) mass is 306 g/mol. The van der Waals surface area contributed by atoms with Crippen LogP contribution in [-0.2, 0) is 20.7 Å². The maximum Gasteiger partial charge on any atom is 0.223 e. The van der Waals surface area contributed by atoms with Gasteiger partial charge in [0.2, 0.25) is 5.91 Å². The first kappa shape index (κ1) is 15.2. The van der Waals surface area contributed by atoms with Gasteiger partial charge in [-0.15, -0.1) is 0 Å². The molecule has 0 aliphatic carbocycles. The molecule has 1 aromatic heterocycles. The number of amides is 1. The largest absolute Gasteiger partial charge is 0.367 e. The Morgan fingerprint density at radius 2 is 2.18 bits per heavy atom. The summed E-state index contributed by atoms with van der Waals surface area (Å²) in [4.78, 5) is 26.3. The summed E-state index contributed by atoms with van der Waals surface area (Å²) < 4.78 is 10.8. The summed E-state index contributed by atoms with van der Waals surface area (Å²) in [5.41, 5.74) is 1.23. The van der Waals surface area contributed by atoms with Crippen molar-refractivity contribution in [3.8, 4) is 0 Å². The molecule has 6 nitrogen and oxygen atoms in total. The number of piperidine rings is 1. The average molecular weight is 306 g/mol. The van der Waals surface area contributed by atoms with Crippen molar-refractivity contribution in [1.82, 2.24) is 10.1 Å². The van der Waals surface area contributed by atoms with Gasteiger partial charge in [-0.05, 0) is 33.1 Å². The quantitative estimate of drug-likeness (QED) is 0.847. The van der Waals surface area contributed by atoms with Crippen LogP contribution in [-0.4, -0.2) is 47.0 Å².